The molecule has 0 radical (unpaired) electrons. The average molecular weight is 328 g/mol. The Morgan fingerprint density at radius 2 is 1.71 bits per heavy atom. The van der Waals surface area contributed by atoms with E-state index in [4.69, 9.17) is 4.42 Å². The van der Waals surface area contributed by atoms with E-state index in [0.29, 0.717) is 12.1 Å². The third kappa shape index (κ3) is 4.09. The molecule has 0 saturated carbocycles. The van der Waals surface area contributed by atoms with E-state index in [0.717, 1.165) is 24.3 Å². The van der Waals surface area contributed by atoms with E-state index in [1.807, 2.05) is 18.2 Å². The lowest BCUT2D eigenvalue weighted by Gasteiger charge is -2.14. The number of hydrogen-bond donors (Lipinski definition) is 1. The van der Waals surface area contributed by atoms with Crippen LogP contribution in [0.1, 0.15) is 29.2 Å². The van der Waals surface area contributed by atoms with Gasteiger partial charge in [0, 0.05) is 17.9 Å². The quantitative estimate of drug-likeness (QED) is 0.656. The number of nitrogens with two attached hydrogens (primary N) is 1. The van der Waals surface area contributed by atoms with Gasteiger partial charge in [-0.2, -0.15) is 0 Å². The summed E-state index contributed by atoms with van der Waals surface area (Å²) in [5.41, 5.74) is 1.72. The normalized spacial score (nSPS) is 12.2. The second-order valence-corrected chi connectivity index (χ2v) is 5.78. The first-order valence-electron chi connectivity index (χ1n) is 8.08. The molecule has 0 fully saturated rings. The topological polar surface area (TPSA) is 29.8 Å². The highest BCUT2D eigenvalue weighted by molar-refractivity contribution is 5.27. The summed E-state index contributed by atoms with van der Waals surface area (Å²) >= 11 is 0. The van der Waals surface area contributed by atoms with Crippen LogP contribution in [0, 0.1) is 11.6 Å². The monoisotopic (exact) mass is 328 g/mol. The Morgan fingerprint density at radius 3 is 2.42 bits per heavy atom. The summed E-state index contributed by atoms with van der Waals surface area (Å²) < 4.78 is 32.3. The van der Waals surface area contributed by atoms with Gasteiger partial charge in [-0.3, -0.25) is 0 Å². The van der Waals surface area contributed by atoms with Gasteiger partial charge in [0.05, 0.1) is 12.8 Å². The third-order valence-electron chi connectivity index (χ3n) is 4.14. The lowest BCUT2D eigenvalue weighted by Crippen LogP contribution is -2.82. The Morgan fingerprint density at radius 1 is 0.917 bits per heavy atom. The zero-order valence-electron chi connectivity index (χ0n) is 13.3. The molecule has 0 aliphatic carbocycles. The Hall–Kier alpha value is -2.46. The highest BCUT2D eigenvalue weighted by atomic mass is 19.1. The molecule has 0 unspecified atom stereocenters. The van der Waals surface area contributed by atoms with Crippen LogP contribution in [-0.4, -0.2) is 6.54 Å². The van der Waals surface area contributed by atoms with Crippen LogP contribution in [0.25, 0.3) is 0 Å². The van der Waals surface area contributed by atoms with Crippen molar-refractivity contribution in [3.05, 3.63) is 95.4 Å². The molecule has 0 amide bonds. The number of halogens is 2. The van der Waals surface area contributed by atoms with E-state index >= 15 is 0 Å². The zero-order chi connectivity index (χ0) is 16.8. The highest BCUT2D eigenvalue weighted by Crippen LogP contribution is 2.27. The van der Waals surface area contributed by atoms with Gasteiger partial charge in [-0.25, -0.2) is 8.78 Å². The molecule has 3 aromatic rings. The molecule has 0 aliphatic rings. The van der Waals surface area contributed by atoms with Crippen LogP contribution in [-0.2, 0) is 6.54 Å². The molecule has 1 atom stereocenters. The van der Waals surface area contributed by atoms with Crippen LogP contribution in [0.15, 0.2) is 71.3 Å². The lowest BCUT2D eigenvalue weighted by molar-refractivity contribution is -0.671. The fourth-order valence-corrected chi connectivity index (χ4v) is 2.86. The molecule has 124 valence electrons. The molecule has 0 spiro atoms. The molecule has 1 heterocycles. The van der Waals surface area contributed by atoms with Crippen LogP contribution >= 0.6 is 0 Å². The fourth-order valence-electron chi connectivity index (χ4n) is 2.86. The maximum absolute atomic E-state index is 13.6. The summed E-state index contributed by atoms with van der Waals surface area (Å²) in [4.78, 5) is 0. The Kier molecular flexibility index (Phi) is 5.39. The summed E-state index contributed by atoms with van der Waals surface area (Å²) in [7, 11) is 0. The maximum Gasteiger partial charge on any atom is 0.132 e. The predicted octanol–water partition coefficient (Wildman–Crippen LogP) is 3.84. The van der Waals surface area contributed by atoms with Crippen LogP contribution in [0.4, 0.5) is 8.78 Å². The second-order valence-electron chi connectivity index (χ2n) is 5.78. The van der Waals surface area contributed by atoms with Crippen LogP contribution in [0.2, 0.25) is 0 Å². The smallest absolute Gasteiger partial charge is 0.132 e. The van der Waals surface area contributed by atoms with Crippen molar-refractivity contribution in [2.45, 2.75) is 18.9 Å². The fraction of sp³-hybridized carbons (Fsp3) is 0.200. The SMILES string of the molecule is Fc1ccc([C@@H](CC[NH2+]Cc2ccccc2F)c2ccco2)cc1. The van der Waals surface area contributed by atoms with Gasteiger partial charge in [0.2, 0.25) is 0 Å². The van der Waals surface area contributed by atoms with Crippen molar-refractivity contribution < 1.29 is 18.5 Å². The Bertz CT molecular complexity index is 754. The molecule has 1 aromatic heterocycles. The molecule has 3 rings (SSSR count). The predicted molar refractivity (Wildman–Crippen MR) is 88.5 cm³/mol. The molecule has 24 heavy (non-hydrogen) atoms. The molecular formula is C20H20F2NO+. The summed E-state index contributed by atoms with van der Waals surface area (Å²) in [6.45, 7) is 1.41. The highest BCUT2D eigenvalue weighted by Gasteiger charge is 2.18. The van der Waals surface area contributed by atoms with Crippen molar-refractivity contribution in [3.63, 3.8) is 0 Å². The lowest BCUT2D eigenvalue weighted by atomic mass is 9.93. The van der Waals surface area contributed by atoms with Crippen molar-refractivity contribution >= 4 is 0 Å². The first-order valence-corrected chi connectivity index (χ1v) is 8.08. The van der Waals surface area contributed by atoms with E-state index in [2.05, 4.69) is 5.32 Å². The molecular weight excluding hydrogens is 308 g/mol. The zero-order valence-corrected chi connectivity index (χ0v) is 13.3. The van der Waals surface area contributed by atoms with Gasteiger partial charge in [0.15, 0.2) is 0 Å². The molecule has 0 saturated heterocycles. The minimum Gasteiger partial charge on any atom is -0.469 e. The van der Waals surface area contributed by atoms with Gasteiger partial charge in [-0.05, 0) is 35.9 Å². The second kappa shape index (κ2) is 7.88. The van der Waals surface area contributed by atoms with Gasteiger partial charge in [0.1, 0.15) is 23.9 Å². The molecule has 2 N–H and O–H groups in total. The Balaban J connectivity index is 1.63. The van der Waals surface area contributed by atoms with Gasteiger partial charge in [0.25, 0.3) is 0 Å². The van der Waals surface area contributed by atoms with Gasteiger partial charge < -0.3 is 9.73 Å². The van der Waals surface area contributed by atoms with Gasteiger partial charge in [-0.15, -0.1) is 0 Å². The first-order chi connectivity index (χ1) is 11.7. The minimum atomic E-state index is -0.247. The standard InChI is InChI=1S/C20H19F2NO/c21-17-9-7-15(8-10-17)18(20-6-3-13-24-20)11-12-23-14-16-4-1-2-5-19(16)22/h1-10,13,18,23H,11-12,14H2/p+1/t18-/m1/s1. The maximum atomic E-state index is 13.6. The van der Waals surface area contributed by atoms with Crippen molar-refractivity contribution in [1.82, 2.24) is 0 Å². The summed E-state index contributed by atoms with van der Waals surface area (Å²) in [5.74, 6) is 0.510. The van der Waals surface area contributed by atoms with Crippen LogP contribution in [0.3, 0.4) is 0 Å². The van der Waals surface area contributed by atoms with E-state index < -0.39 is 0 Å². The first kappa shape index (κ1) is 16.4. The number of rotatable bonds is 7. The number of quaternary nitrogens is 1. The van der Waals surface area contributed by atoms with Crippen molar-refractivity contribution in [1.29, 1.82) is 0 Å². The number of benzene rings is 2. The van der Waals surface area contributed by atoms with E-state index in [1.165, 1.54) is 18.2 Å². The van der Waals surface area contributed by atoms with Crippen molar-refractivity contribution in [2.75, 3.05) is 6.54 Å². The van der Waals surface area contributed by atoms with Crippen molar-refractivity contribution in [2.24, 2.45) is 0 Å². The van der Waals surface area contributed by atoms with Gasteiger partial charge >= 0.3 is 0 Å². The van der Waals surface area contributed by atoms with E-state index in [1.54, 1.807) is 30.5 Å². The van der Waals surface area contributed by atoms with Crippen molar-refractivity contribution in [3.8, 4) is 0 Å². The summed E-state index contributed by atoms with van der Waals surface area (Å²) in [5, 5.41) is 2.08. The summed E-state index contributed by atoms with van der Waals surface area (Å²) in [6.07, 6.45) is 2.47. The average Bonchev–Trinajstić information content (AvgIpc) is 3.12. The van der Waals surface area contributed by atoms with E-state index in [9.17, 15) is 8.78 Å². The minimum absolute atomic E-state index is 0.0671. The molecule has 0 aliphatic heterocycles. The van der Waals surface area contributed by atoms with Gasteiger partial charge in [-0.1, -0.05) is 30.3 Å². The summed E-state index contributed by atoms with van der Waals surface area (Å²) in [6, 6.07) is 17.1. The molecule has 4 heteroatoms. The van der Waals surface area contributed by atoms with Crippen LogP contribution < -0.4 is 5.32 Å². The third-order valence-corrected chi connectivity index (χ3v) is 4.14. The Labute approximate surface area is 140 Å². The van der Waals surface area contributed by atoms with E-state index in [-0.39, 0.29) is 17.6 Å². The molecule has 2 nitrogen and oxygen atoms in total. The number of furan rings is 1. The van der Waals surface area contributed by atoms with Crippen LogP contribution in [0.5, 0.6) is 0 Å². The number of hydrogen-bond acceptors (Lipinski definition) is 1. The molecule has 0 bridgehead atoms. The molecule has 2 aromatic carbocycles. The largest absolute Gasteiger partial charge is 0.469 e.